The molecule has 0 unspecified atom stereocenters. The lowest BCUT2D eigenvalue weighted by Crippen LogP contribution is -2.39. The summed E-state index contributed by atoms with van der Waals surface area (Å²) in [5.74, 6) is 0.213. The van der Waals surface area contributed by atoms with Gasteiger partial charge in [-0.25, -0.2) is 4.79 Å². The number of aromatic nitrogens is 3. The Bertz CT molecular complexity index is 1040. The number of aryl methyl sites for hydroxylation is 2. The standard InChI is InChI=1S/C23H27N5O2S/c1-4-5-6-17-9-13-19(14-10-17)28-20(18-11-7-15(2)8-12-18)26-27-23(28)31-16(3)21(29)25-22(24)30/h7-14,16H,4-6H2,1-3H3,(H3,24,25,29,30)/t16-/m0/s1. The van der Waals surface area contributed by atoms with Crippen LogP contribution in [0.25, 0.3) is 17.1 Å². The Kier molecular flexibility index (Phi) is 7.46. The SMILES string of the molecule is CCCCc1ccc(-n2c(S[C@@H](C)C(=O)NC(N)=O)nnc2-c2ccc(C)cc2)cc1. The van der Waals surface area contributed by atoms with Crippen molar-refractivity contribution < 1.29 is 9.59 Å². The van der Waals surface area contributed by atoms with Crippen LogP contribution in [0.4, 0.5) is 4.79 Å². The minimum atomic E-state index is -0.873. The third-order valence-corrected chi connectivity index (χ3v) is 5.90. The number of thioether (sulfide) groups is 1. The van der Waals surface area contributed by atoms with E-state index >= 15 is 0 Å². The van der Waals surface area contributed by atoms with E-state index in [0.29, 0.717) is 11.0 Å². The van der Waals surface area contributed by atoms with Crippen LogP contribution in [0.5, 0.6) is 0 Å². The molecule has 1 heterocycles. The van der Waals surface area contributed by atoms with Crippen molar-refractivity contribution in [2.24, 2.45) is 5.73 Å². The molecule has 1 aromatic heterocycles. The first-order chi connectivity index (χ1) is 14.9. The molecule has 3 aromatic rings. The molecule has 0 spiro atoms. The number of nitrogens with two attached hydrogens (primary N) is 1. The maximum Gasteiger partial charge on any atom is 0.318 e. The van der Waals surface area contributed by atoms with Gasteiger partial charge in [0.25, 0.3) is 0 Å². The fraction of sp³-hybridized carbons (Fsp3) is 0.304. The average Bonchev–Trinajstić information content (AvgIpc) is 3.16. The number of nitrogens with one attached hydrogen (secondary N) is 1. The smallest absolute Gasteiger partial charge is 0.318 e. The molecule has 0 bridgehead atoms. The van der Waals surface area contributed by atoms with Gasteiger partial charge < -0.3 is 5.73 Å². The van der Waals surface area contributed by atoms with Gasteiger partial charge >= 0.3 is 6.03 Å². The first-order valence-electron chi connectivity index (χ1n) is 10.3. The lowest BCUT2D eigenvalue weighted by molar-refractivity contribution is -0.119. The molecule has 8 heteroatoms. The Morgan fingerprint density at radius 3 is 2.39 bits per heavy atom. The van der Waals surface area contributed by atoms with Crippen LogP contribution in [0.15, 0.2) is 53.7 Å². The van der Waals surface area contributed by atoms with Crippen LogP contribution >= 0.6 is 11.8 Å². The molecule has 0 aliphatic heterocycles. The normalized spacial score (nSPS) is 11.8. The molecule has 0 radical (unpaired) electrons. The predicted octanol–water partition coefficient (Wildman–Crippen LogP) is 4.26. The third kappa shape index (κ3) is 5.73. The fourth-order valence-electron chi connectivity index (χ4n) is 3.10. The Balaban J connectivity index is 1.98. The molecule has 3 amide bonds. The van der Waals surface area contributed by atoms with E-state index in [0.717, 1.165) is 36.1 Å². The molecular weight excluding hydrogens is 410 g/mol. The van der Waals surface area contributed by atoms with Crippen LogP contribution in [-0.4, -0.2) is 32.0 Å². The number of amides is 3. The molecule has 7 nitrogen and oxygen atoms in total. The molecule has 3 rings (SSSR count). The molecule has 0 saturated carbocycles. The predicted molar refractivity (Wildman–Crippen MR) is 123 cm³/mol. The van der Waals surface area contributed by atoms with Crippen LogP contribution in [0.1, 0.15) is 37.8 Å². The van der Waals surface area contributed by atoms with Crippen LogP contribution < -0.4 is 11.1 Å². The fourth-order valence-corrected chi connectivity index (χ4v) is 3.96. The lowest BCUT2D eigenvalue weighted by Gasteiger charge is -2.14. The highest BCUT2D eigenvalue weighted by atomic mass is 32.2. The first kappa shape index (κ1) is 22.6. The summed E-state index contributed by atoms with van der Waals surface area (Å²) in [7, 11) is 0. The molecule has 0 saturated heterocycles. The van der Waals surface area contributed by atoms with Gasteiger partial charge in [0.05, 0.1) is 5.25 Å². The highest BCUT2D eigenvalue weighted by Gasteiger charge is 2.22. The average molecular weight is 438 g/mol. The molecule has 0 fully saturated rings. The van der Waals surface area contributed by atoms with E-state index in [1.807, 2.05) is 47.9 Å². The number of rotatable bonds is 8. The van der Waals surface area contributed by atoms with Gasteiger partial charge in [0.2, 0.25) is 5.91 Å². The van der Waals surface area contributed by atoms with Crippen molar-refractivity contribution in [2.75, 3.05) is 0 Å². The van der Waals surface area contributed by atoms with E-state index in [9.17, 15) is 9.59 Å². The molecule has 2 aromatic carbocycles. The summed E-state index contributed by atoms with van der Waals surface area (Å²) in [4.78, 5) is 23.2. The van der Waals surface area contributed by atoms with Crippen molar-refractivity contribution in [2.45, 2.75) is 50.4 Å². The third-order valence-electron chi connectivity index (χ3n) is 4.85. The second-order valence-corrected chi connectivity index (χ2v) is 8.70. The molecule has 1 atom stereocenters. The molecule has 0 aliphatic carbocycles. The summed E-state index contributed by atoms with van der Waals surface area (Å²) in [5.41, 5.74) is 9.34. The van der Waals surface area contributed by atoms with E-state index in [1.54, 1.807) is 6.92 Å². The quantitative estimate of drug-likeness (QED) is 0.513. The summed E-state index contributed by atoms with van der Waals surface area (Å²) in [6.45, 7) is 5.91. The molecule has 31 heavy (non-hydrogen) atoms. The minimum absolute atomic E-state index is 0.473. The number of carbonyl (C=O) groups is 2. The number of hydrogen-bond acceptors (Lipinski definition) is 5. The van der Waals surface area contributed by atoms with Gasteiger partial charge in [-0.2, -0.15) is 0 Å². The van der Waals surface area contributed by atoms with Crippen molar-refractivity contribution in [3.63, 3.8) is 0 Å². The number of primary amides is 1. The van der Waals surface area contributed by atoms with E-state index in [1.165, 1.54) is 17.3 Å². The lowest BCUT2D eigenvalue weighted by atomic mass is 10.1. The van der Waals surface area contributed by atoms with Crippen molar-refractivity contribution in [3.8, 4) is 17.1 Å². The maximum atomic E-state index is 12.2. The number of unbranched alkanes of at least 4 members (excludes halogenated alkanes) is 1. The van der Waals surface area contributed by atoms with Gasteiger partial charge in [0.15, 0.2) is 11.0 Å². The summed E-state index contributed by atoms with van der Waals surface area (Å²) in [5, 5.41) is 10.8. The zero-order chi connectivity index (χ0) is 22.4. The number of nitrogens with zero attached hydrogens (tertiary/aromatic N) is 3. The Labute approximate surface area is 186 Å². The van der Waals surface area contributed by atoms with Crippen molar-refractivity contribution >= 4 is 23.7 Å². The monoisotopic (exact) mass is 437 g/mol. The topological polar surface area (TPSA) is 103 Å². The largest absolute Gasteiger partial charge is 0.351 e. The van der Waals surface area contributed by atoms with E-state index in [2.05, 4.69) is 34.6 Å². The number of carbonyl (C=O) groups excluding carboxylic acids is 2. The maximum absolute atomic E-state index is 12.2. The van der Waals surface area contributed by atoms with Gasteiger partial charge in [-0.1, -0.05) is 67.1 Å². The highest BCUT2D eigenvalue weighted by molar-refractivity contribution is 8.00. The van der Waals surface area contributed by atoms with Gasteiger partial charge in [0, 0.05) is 11.3 Å². The zero-order valence-corrected chi connectivity index (χ0v) is 18.8. The Hall–Kier alpha value is -3.13. The number of imide groups is 1. The van der Waals surface area contributed by atoms with Crippen LogP contribution in [0.2, 0.25) is 0 Å². The van der Waals surface area contributed by atoms with Gasteiger partial charge in [-0.3, -0.25) is 14.7 Å². The van der Waals surface area contributed by atoms with Gasteiger partial charge in [-0.05, 0) is 44.4 Å². The van der Waals surface area contributed by atoms with Crippen LogP contribution in [0.3, 0.4) is 0 Å². The minimum Gasteiger partial charge on any atom is -0.351 e. The number of hydrogen-bond donors (Lipinski definition) is 2. The zero-order valence-electron chi connectivity index (χ0n) is 18.0. The molecule has 162 valence electrons. The van der Waals surface area contributed by atoms with Crippen molar-refractivity contribution in [3.05, 3.63) is 59.7 Å². The molecule has 0 aliphatic rings. The van der Waals surface area contributed by atoms with Crippen LogP contribution in [0, 0.1) is 6.92 Å². The van der Waals surface area contributed by atoms with Crippen molar-refractivity contribution in [1.82, 2.24) is 20.1 Å². The van der Waals surface area contributed by atoms with Gasteiger partial charge in [0.1, 0.15) is 0 Å². The second-order valence-electron chi connectivity index (χ2n) is 7.39. The summed E-state index contributed by atoms with van der Waals surface area (Å²) < 4.78 is 1.94. The number of urea groups is 1. The Morgan fingerprint density at radius 2 is 1.77 bits per heavy atom. The summed E-state index contributed by atoms with van der Waals surface area (Å²) in [6.07, 6.45) is 3.33. The van der Waals surface area contributed by atoms with E-state index < -0.39 is 17.2 Å². The second kappa shape index (κ2) is 10.3. The van der Waals surface area contributed by atoms with Gasteiger partial charge in [-0.15, -0.1) is 10.2 Å². The van der Waals surface area contributed by atoms with E-state index in [4.69, 9.17) is 5.73 Å². The summed E-state index contributed by atoms with van der Waals surface area (Å²) >= 11 is 1.22. The molecule has 3 N–H and O–H groups in total. The highest BCUT2D eigenvalue weighted by Crippen LogP contribution is 2.30. The Morgan fingerprint density at radius 1 is 1.10 bits per heavy atom. The van der Waals surface area contributed by atoms with Crippen molar-refractivity contribution in [1.29, 1.82) is 0 Å². The number of benzene rings is 2. The summed E-state index contributed by atoms with van der Waals surface area (Å²) in [6, 6.07) is 15.5. The molecular formula is C23H27N5O2S. The van der Waals surface area contributed by atoms with Crippen LogP contribution in [-0.2, 0) is 11.2 Å². The van der Waals surface area contributed by atoms with E-state index in [-0.39, 0.29) is 0 Å². The first-order valence-corrected chi connectivity index (χ1v) is 11.2.